The first-order chi connectivity index (χ1) is 16.9. The summed E-state index contributed by atoms with van der Waals surface area (Å²) >= 11 is 0. The summed E-state index contributed by atoms with van der Waals surface area (Å²) in [6, 6.07) is 9.82. The van der Waals surface area contributed by atoms with Crippen LogP contribution in [0.25, 0.3) is 0 Å². The summed E-state index contributed by atoms with van der Waals surface area (Å²) in [6.07, 6.45) is 4.04. The van der Waals surface area contributed by atoms with Crippen molar-refractivity contribution in [3.8, 4) is 11.5 Å². The van der Waals surface area contributed by atoms with Gasteiger partial charge >= 0.3 is 5.97 Å². The van der Waals surface area contributed by atoms with Crippen LogP contribution in [0.3, 0.4) is 0 Å². The molecule has 3 amide bonds. The highest BCUT2D eigenvalue weighted by molar-refractivity contribution is 6.23. The summed E-state index contributed by atoms with van der Waals surface area (Å²) in [5.74, 6) is -0.955. The lowest BCUT2D eigenvalue weighted by Crippen LogP contribution is -2.41. The molecule has 35 heavy (non-hydrogen) atoms. The number of nitrogens with one attached hydrogen (secondary N) is 1. The van der Waals surface area contributed by atoms with E-state index >= 15 is 0 Å². The van der Waals surface area contributed by atoms with Crippen molar-refractivity contribution in [2.45, 2.75) is 51.2 Å². The zero-order valence-corrected chi connectivity index (χ0v) is 19.7. The summed E-state index contributed by atoms with van der Waals surface area (Å²) in [5, 5.41) is 2.66. The Morgan fingerprint density at radius 3 is 2.34 bits per heavy atom. The van der Waals surface area contributed by atoms with Gasteiger partial charge in [0.2, 0.25) is 5.91 Å². The number of carbonyl (C=O) groups is 4. The van der Waals surface area contributed by atoms with Crippen molar-refractivity contribution in [1.82, 2.24) is 5.32 Å². The number of anilines is 1. The van der Waals surface area contributed by atoms with Gasteiger partial charge in [0, 0.05) is 5.56 Å². The first-order valence-corrected chi connectivity index (χ1v) is 11.7. The van der Waals surface area contributed by atoms with Gasteiger partial charge in [-0.1, -0.05) is 0 Å². The summed E-state index contributed by atoms with van der Waals surface area (Å²) < 4.78 is 16.4. The van der Waals surface area contributed by atoms with Gasteiger partial charge in [-0.05, 0) is 75.1 Å². The first kappa shape index (κ1) is 24.3. The highest BCUT2D eigenvalue weighted by Crippen LogP contribution is 2.32. The molecule has 0 aromatic heterocycles. The van der Waals surface area contributed by atoms with E-state index in [2.05, 4.69) is 5.32 Å². The molecule has 2 aromatic rings. The monoisotopic (exact) mass is 480 g/mol. The second-order valence-electron chi connectivity index (χ2n) is 8.45. The molecule has 1 aliphatic heterocycles. The number of ether oxygens (including phenoxy) is 3. The molecule has 4 rings (SSSR count). The second kappa shape index (κ2) is 10.6. The fourth-order valence-corrected chi connectivity index (χ4v) is 4.31. The van der Waals surface area contributed by atoms with Gasteiger partial charge in [-0.25, -0.2) is 9.69 Å². The quantitative estimate of drug-likeness (QED) is 0.456. The fourth-order valence-electron chi connectivity index (χ4n) is 4.31. The van der Waals surface area contributed by atoms with E-state index in [1.54, 1.807) is 25.1 Å². The van der Waals surface area contributed by atoms with Crippen LogP contribution in [0, 0.1) is 0 Å². The fraction of sp³-hybridized carbons (Fsp3) is 0.385. The Balaban J connectivity index is 1.45. The van der Waals surface area contributed by atoms with Crippen molar-refractivity contribution in [2.24, 2.45) is 0 Å². The van der Waals surface area contributed by atoms with Crippen molar-refractivity contribution in [2.75, 3.05) is 18.6 Å². The Morgan fingerprint density at radius 2 is 1.69 bits per heavy atom. The molecule has 0 spiro atoms. The molecule has 1 heterocycles. The van der Waals surface area contributed by atoms with Gasteiger partial charge in [0.05, 0.1) is 37.5 Å². The van der Waals surface area contributed by atoms with E-state index in [-0.39, 0.29) is 19.1 Å². The minimum Gasteiger partial charge on any atom is -0.493 e. The SMILES string of the molecule is CCOC(=O)c1ccc(N2C(=O)C[C@H](NC(=O)c3ccc(OC)c(OC4CCCC4)c3)C2=O)cc1. The van der Waals surface area contributed by atoms with E-state index in [0.717, 1.165) is 30.6 Å². The lowest BCUT2D eigenvalue weighted by molar-refractivity contribution is -0.121. The van der Waals surface area contributed by atoms with Gasteiger partial charge in [0.15, 0.2) is 11.5 Å². The standard InChI is InChI=1S/C26H28N2O7/c1-3-34-26(32)16-8-11-18(12-9-16)28-23(29)15-20(25(28)31)27-24(30)17-10-13-21(33-2)22(14-17)35-19-6-4-5-7-19/h8-14,19-20H,3-7,15H2,1-2H3,(H,27,30)/t20-/m0/s1. The average molecular weight is 481 g/mol. The average Bonchev–Trinajstić information content (AvgIpc) is 3.46. The maximum absolute atomic E-state index is 13.0. The summed E-state index contributed by atoms with van der Waals surface area (Å²) in [7, 11) is 1.53. The molecule has 2 aromatic carbocycles. The molecule has 1 saturated heterocycles. The van der Waals surface area contributed by atoms with Crippen LogP contribution in [-0.2, 0) is 14.3 Å². The number of carbonyl (C=O) groups excluding carboxylic acids is 4. The van der Waals surface area contributed by atoms with Crippen molar-refractivity contribution in [3.63, 3.8) is 0 Å². The predicted octanol–water partition coefficient (Wildman–Crippen LogP) is 3.26. The van der Waals surface area contributed by atoms with Crippen LogP contribution in [0.4, 0.5) is 5.69 Å². The lowest BCUT2D eigenvalue weighted by Gasteiger charge is -2.18. The Bertz CT molecular complexity index is 1120. The molecule has 2 fully saturated rings. The molecule has 1 atom stereocenters. The number of imide groups is 1. The molecule has 2 aliphatic rings. The van der Waals surface area contributed by atoms with Gasteiger partial charge in [0.1, 0.15) is 6.04 Å². The largest absolute Gasteiger partial charge is 0.493 e. The molecule has 0 unspecified atom stereocenters. The molecule has 9 heteroatoms. The van der Waals surface area contributed by atoms with Crippen molar-refractivity contribution >= 4 is 29.4 Å². The maximum atomic E-state index is 13.0. The molecule has 184 valence electrons. The number of rotatable bonds is 8. The number of nitrogens with zero attached hydrogens (tertiary/aromatic N) is 1. The molecule has 9 nitrogen and oxygen atoms in total. The van der Waals surface area contributed by atoms with Gasteiger partial charge in [0.25, 0.3) is 11.8 Å². The molecular formula is C26H28N2O7. The van der Waals surface area contributed by atoms with E-state index in [4.69, 9.17) is 14.2 Å². The van der Waals surface area contributed by atoms with Gasteiger partial charge in [-0.15, -0.1) is 0 Å². The molecule has 0 bridgehead atoms. The molecular weight excluding hydrogens is 452 g/mol. The van der Waals surface area contributed by atoms with Gasteiger partial charge in [-0.2, -0.15) is 0 Å². The van der Waals surface area contributed by atoms with Gasteiger partial charge in [-0.3, -0.25) is 14.4 Å². The van der Waals surface area contributed by atoms with Crippen LogP contribution >= 0.6 is 0 Å². The Labute approximate surface area is 203 Å². The van der Waals surface area contributed by atoms with E-state index in [1.807, 2.05) is 0 Å². The maximum Gasteiger partial charge on any atom is 0.338 e. The van der Waals surface area contributed by atoms with E-state index < -0.39 is 29.7 Å². The summed E-state index contributed by atoms with van der Waals surface area (Å²) in [4.78, 5) is 51.3. The number of esters is 1. The number of hydrogen-bond acceptors (Lipinski definition) is 7. The van der Waals surface area contributed by atoms with E-state index in [9.17, 15) is 19.2 Å². The Hall–Kier alpha value is -3.88. The molecule has 1 saturated carbocycles. The lowest BCUT2D eigenvalue weighted by atomic mass is 10.1. The van der Waals surface area contributed by atoms with Gasteiger partial charge < -0.3 is 19.5 Å². The third kappa shape index (κ3) is 5.29. The van der Waals surface area contributed by atoms with Crippen molar-refractivity contribution in [3.05, 3.63) is 53.6 Å². The first-order valence-electron chi connectivity index (χ1n) is 11.7. The number of methoxy groups -OCH3 is 1. The minimum atomic E-state index is -0.999. The highest BCUT2D eigenvalue weighted by atomic mass is 16.5. The van der Waals surface area contributed by atoms with E-state index in [1.165, 1.54) is 31.4 Å². The minimum absolute atomic E-state index is 0.0833. The smallest absolute Gasteiger partial charge is 0.338 e. The van der Waals surface area contributed by atoms with Crippen LogP contribution in [0.1, 0.15) is 59.7 Å². The number of benzene rings is 2. The third-order valence-electron chi connectivity index (χ3n) is 6.11. The topological polar surface area (TPSA) is 111 Å². The summed E-state index contributed by atoms with van der Waals surface area (Å²) in [5.41, 5.74) is 0.937. The normalized spacial score (nSPS) is 18.0. The third-order valence-corrected chi connectivity index (χ3v) is 6.11. The zero-order chi connectivity index (χ0) is 24.9. The Kier molecular flexibility index (Phi) is 7.33. The second-order valence-corrected chi connectivity index (χ2v) is 8.45. The molecule has 1 N–H and O–H groups in total. The predicted molar refractivity (Wildman–Crippen MR) is 127 cm³/mol. The van der Waals surface area contributed by atoms with Crippen LogP contribution in [0.15, 0.2) is 42.5 Å². The van der Waals surface area contributed by atoms with Crippen molar-refractivity contribution in [1.29, 1.82) is 0 Å². The van der Waals surface area contributed by atoms with Crippen LogP contribution in [0.2, 0.25) is 0 Å². The molecule has 1 aliphatic carbocycles. The summed E-state index contributed by atoms with van der Waals surface area (Å²) in [6.45, 7) is 1.95. The van der Waals surface area contributed by atoms with Crippen molar-refractivity contribution < 1.29 is 33.4 Å². The number of hydrogen-bond donors (Lipinski definition) is 1. The van der Waals surface area contributed by atoms with Crippen LogP contribution in [-0.4, -0.2) is 49.6 Å². The number of amides is 3. The molecule has 0 radical (unpaired) electrons. The highest BCUT2D eigenvalue weighted by Gasteiger charge is 2.40. The Morgan fingerprint density at radius 1 is 1.00 bits per heavy atom. The van der Waals surface area contributed by atoms with E-state index in [0.29, 0.717) is 28.3 Å². The van der Waals surface area contributed by atoms with Crippen LogP contribution < -0.4 is 19.7 Å². The van der Waals surface area contributed by atoms with Crippen LogP contribution in [0.5, 0.6) is 11.5 Å². The zero-order valence-electron chi connectivity index (χ0n) is 19.7.